The number of anilines is 1. The molecule has 1 N–H and O–H groups in total. The Bertz CT molecular complexity index is 482. The number of amides is 2. The minimum absolute atomic E-state index is 0.206. The van der Waals surface area contributed by atoms with Crippen LogP contribution in [0, 0.1) is 11.3 Å². The van der Waals surface area contributed by atoms with Gasteiger partial charge in [-0.25, -0.2) is 4.79 Å². The van der Waals surface area contributed by atoms with Crippen LogP contribution >= 0.6 is 0 Å². The van der Waals surface area contributed by atoms with Gasteiger partial charge >= 0.3 is 12.0 Å². The summed E-state index contributed by atoms with van der Waals surface area (Å²) in [4.78, 5) is 25.5. The van der Waals surface area contributed by atoms with E-state index in [-0.39, 0.29) is 13.0 Å². The smallest absolute Gasteiger partial charge is 0.324 e. The van der Waals surface area contributed by atoms with E-state index in [0.717, 1.165) is 0 Å². The average Bonchev–Trinajstić information content (AvgIpc) is 2.42. The minimum atomic E-state index is -1.09. The first-order valence-electron chi connectivity index (χ1n) is 5.72. The maximum Gasteiger partial charge on any atom is 0.324 e. The Morgan fingerprint density at radius 1 is 1.32 bits per heavy atom. The van der Waals surface area contributed by atoms with Crippen LogP contribution in [0.5, 0.6) is 0 Å². The van der Waals surface area contributed by atoms with Crippen molar-refractivity contribution in [3.63, 3.8) is 0 Å². The standard InChI is InChI=1S/C13H15N3O3/c1-15(9-5-8-14)13(19)16(10-12(17)18)11-6-3-2-4-7-11/h2-4,6-7H,5,9-10H2,1H3,(H,17,18). The topological polar surface area (TPSA) is 84.6 Å². The van der Waals surface area contributed by atoms with Gasteiger partial charge < -0.3 is 10.0 Å². The van der Waals surface area contributed by atoms with E-state index >= 15 is 0 Å². The van der Waals surface area contributed by atoms with E-state index in [4.69, 9.17) is 10.4 Å². The molecule has 0 aromatic heterocycles. The van der Waals surface area contributed by atoms with E-state index < -0.39 is 18.5 Å². The summed E-state index contributed by atoms with van der Waals surface area (Å²) in [7, 11) is 1.54. The van der Waals surface area contributed by atoms with Crippen LogP contribution in [-0.2, 0) is 4.79 Å². The number of nitriles is 1. The van der Waals surface area contributed by atoms with Gasteiger partial charge in [-0.3, -0.25) is 9.69 Å². The molecule has 6 nitrogen and oxygen atoms in total. The third-order valence-corrected chi connectivity index (χ3v) is 2.48. The molecule has 2 amide bonds. The van der Waals surface area contributed by atoms with Gasteiger partial charge in [-0.15, -0.1) is 0 Å². The van der Waals surface area contributed by atoms with Crippen molar-refractivity contribution >= 4 is 17.7 Å². The Kier molecular flexibility index (Phi) is 5.35. The van der Waals surface area contributed by atoms with Gasteiger partial charge in [0.25, 0.3) is 0 Å². The molecular formula is C13H15N3O3. The Hall–Kier alpha value is -2.55. The van der Waals surface area contributed by atoms with Crippen LogP contribution < -0.4 is 4.90 Å². The molecule has 6 heteroatoms. The van der Waals surface area contributed by atoms with E-state index in [9.17, 15) is 9.59 Å². The molecule has 1 aromatic carbocycles. The summed E-state index contributed by atoms with van der Waals surface area (Å²) in [6, 6.07) is 10.1. The highest BCUT2D eigenvalue weighted by Gasteiger charge is 2.21. The fourth-order valence-corrected chi connectivity index (χ4v) is 1.53. The molecule has 19 heavy (non-hydrogen) atoms. The molecule has 0 aliphatic rings. The van der Waals surface area contributed by atoms with Crippen molar-refractivity contribution in [2.75, 3.05) is 25.0 Å². The maximum absolute atomic E-state index is 12.2. The Morgan fingerprint density at radius 3 is 2.47 bits per heavy atom. The highest BCUT2D eigenvalue weighted by molar-refractivity contribution is 5.96. The van der Waals surface area contributed by atoms with Gasteiger partial charge in [-0.2, -0.15) is 5.26 Å². The van der Waals surface area contributed by atoms with Crippen molar-refractivity contribution < 1.29 is 14.7 Å². The van der Waals surface area contributed by atoms with Gasteiger partial charge in [-0.1, -0.05) is 18.2 Å². The zero-order valence-corrected chi connectivity index (χ0v) is 10.6. The molecule has 0 saturated heterocycles. The van der Waals surface area contributed by atoms with E-state index in [1.807, 2.05) is 6.07 Å². The quantitative estimate of drug-likeness (QED) is 0.871. The number of aliphatic carboxylic acids is 1. The second-order valence-corrected chi connectivity index (χ2v) is 3.93. The van der Waals surface area contributed by atoms with Crippen molar-refractivity contribution in [3.8, 4) is 6.07 Å². The molecule has 1 rings (SSSR count). The molecule has 0 spiro atoms. The van der Waals surface area contributed by atoms with Crippen LogP contribution in [0.3, 0.4) is 0 Å². The number of nitrogens with zero attached hydrogens (tertiary/aromatic N) is 3. The number of hydrogen-bond donors (Lipinski definition) is 1. The molecule has 0 bridgehead atoms. The van der Waals surface area contributed by atoms with Gasteiger partial charge in [0, 0.05) is 19.3 Å². The van der Waals surface area contributed by atoms with Crippen molar-refractivity contribution in [2.24, 2.45) is 0 Å². The molecule has 0 heterocycles. The molecule has 0 atom stereocenters. The van der Waals surface area contributed by atoms with Crippen molar-refractivity contribution in [1.82, 2.24) is 4.90 Å². The average molecular weight is 261 g/mol. The Balaban J connectivity index is 2.89. The van der Waals surface area contributed by atoms with E-state index in [0.29, 0.717) is 5.69 Å². The number of carboxylic acid groups (broad SMARTS) is 1. The van der Waals surface area contributed by atoms with Crippen molar-refractivity contribution in [3.05, 3.63) is 30.3 Å². The van der Waals surface area contributed by atoms with Crippen LogP contribution in [0.15, 0.2) is 30.3 Å². The fourth-order valence-electron chi connectivity index (χ4n) is 1.53. The van der Waals surface area contributed by atoms with Crippen LogP contribution in [0.4, 0.5) is 10.5 Å². The highest BCUT2D eigenvalue weighted by atomic mass is 16.4. The van der Waals surface area contributed by atoms with Crippen molar-refractivity contribution in [1.29, 1.82) is 5.26 Å². The molecular weight excluding hydrogens is 246 g/mol. The Morgan fingerprint density at radius 2 is 1.95 bits per heavy atom. The highest BCUT2D eigenvalue weighted by Crippen LogP contribution is 2.14. The summed E-state index contributed by atoms with van der Waals surface area (Å²) in [5.74, 6) is -1.09. The van der Waals surface area contributed by atoms with Gasteiger partial charge in [0.05, 0.1) is 12.5 Å². The maximum atomic E-state index is 12.2. The lowest BCUT2D eigenvalue weighted by Crippen LogP contribution is -2.44. The number of carbonyl (C=O) groups is 2. The summed E-state index contributed by atoms with van der Waals surface area (Å²) < 4.78 is 0. The number of benzene rings is 1. The van der Waals surface area contributed by atoms with Crippen LogP contribution in [0.2, 0.25) is 0 Å². The largest absolute Gasteiger partial charge is 0.480 e. The van der Waals surface area contributed by atoms with Gasteiger partial charge in [0.2, 0.25) is 0 Å². The molecule has 0 aliphatic carbocycles. The minimum Gasteiger partial charge on any atom is -0.480 e. The number of urea groups is 1. The lowest BCUT2D eigenvalue weighted by atomic mass is 10.3. The zero-order chi connectivity index (χ0) is 14.3. The number of carbonyl (C=O) groups excluding carboxylic acids is 1. The van der Waals surface area contributed by atoms with Gasteiger partial charge in [-0.05, 0) is 12.1 Å². The molecule has 0 saturated carbocycles. The summed E-state index contributed by atoms with van der Waals surface area (Å²) in [5.41, 5.74) is 0.513. The number of para-hydroxylation sites is 1. The SMILES string of the molecule is CN(CCC#N)C(=O)N(CC(=O)O)c1ccccc1. The number of carboxylic acids is 1. The molecule has 0 radical (unpaired) electrons. The van der Waals surface area contributed by atoms with Gasteiger partial charge in [0.15, 0.2) is 0 Å². The van der Waals surface area contributed by atoms with E-state index in [2.05, 4.69) is 0 Å². The first kappa shape index (κ1) is 14.5. The molecule has 0 fully saturated rings. The lowest BCUT2D eigenvalue weighted by molar-refractivity contribution is -0.135. The summed E-state index contributed by atoms with van der Waals surface area (Å²) in [6.07, 6.45) is 0.206. The molecule has 0 aliphatic heterocycles. The second-order valence-electron chi connectivity index (χ2n) is 3.93. The third kappa shape index (κ3) is 4.32. The predicted octanol–water partition coefficient (Wildman–Crippen LogP) is 1.54. The van der Waals surface area contributed by atoms with Crippen LogP contribution in [0.1, 0.15) is 6.42 Å². The summed E-state index contributed by atoms with van der Waals surface area (Å²) in [5, 5.41) is 17.4. The van der Waals surface area contributed by atoms with E-state index in [1.54, 1.807) is 30.3 Å². The second kappa shape index (κ2) is 7.01. The van der Waals surface area contributed by atoms with Crippen LogP contribution in [0.25, 0.3) is 0 Å². The fraction of sp³-hybridized carbons (Fsp3) is 0.308. The number of hydrogen-bond acceptors (Lipinski definition) is 3. The van der Waals surface area contributed by atoms with Crippen molar-refractivity contribution in [2.45, 2.75) is 6.42 Å². The third-order valence-electron chi connectivity index (χ3n) is 2.48. The summed E-state index contributed by atoms with van der Waals surface area (Å²) in [6.45, 7) is -0.155. The predicted molar refractivity (Wildman–Crippen MR) is 69.7 cm³/mol. The molecule has 1 aromatic rings. The van der Waals surface area contributed by atoms with E-state index in [1.165, 1.54) is 16.8 Å². The first-order chi connectivity index (χ1) is 9.06. The lowest BCUT2D eigenvalue weighted by Gasteiger charge is -2.26. The first-order valence-corrected chi connectivity index (χ1v) is 5.72. The molecule has 0 unspecified atom stereocenters. The summed E-state index contributed by atoms with van der Waals surface area (Å²) >= 11 is 0. The monoisotopic (exact) mass is 261 g/mol. The van der Waals surface area contributed by atoms with Crippen LogP contribution in [-0.4, -0.2) is 42.1 Å². The normalized spacial score (nSPS) is 9.47. The number of rotatable bonds is 5. The molecule has 100 valence electrons. The zero-order valence-electron chi connectivity index (χ0n) is 10.6. The Labute approximate surface area is 111 Å². The van der Waals surface area contributed by atoms with Gasteiger partial charge in [0.1, 0.15) is 6.54 Å².